The fraction of sp³-hybridized carbons (Fsp3) is 0.909. The molecule has 92 valence electrons. The lowest BCUT2D eigenvalue weighted by Crippen LogP contribution is -2.45. The topological polar surface area (TPSA) is 50.8 Å². The van der Waals surface area contributed by atoms with Gasteiger partial charge < -0.3 is 19.7 Å². The molecule has 0 aromatic carbocycles. The molecule has 1 amide bonds. The standard InChI is InChI=1S/C11H20N2O3/c14-11(13-3-6-15-7-4-13)9-12-8-10-2-1-5-16-10/h10,12H,1-9H2. The van der Waals surface area contributed by atoms with Crippen LogP contribution in [0.25, 0.3) is 0 Å². The highest BCUT2D eigenvalue weighted by Crippen LogP contribution is 2.10. The van der Waals surface area contributed by atoms with Crippen molar-refractivity contribution in [1.29, 1.82) is 0 Å². The minimum atomic E-state index is 0.168. The first-order chi connectivity index (χ1) is 7.86. The molecule has 0 saturated carbocycles. The Kier molecular flexibility index (Phi) is 4.56. The predicted molar refractivity (Wildman–Crippen MR) is 59.2 cm³/mol. The van der Waals surface area contributed by atoms with E-state index in [4.69, 9.17) is 9.47 Å². The zero-order chi connectivity index (χ0) is 11.2. The SMILES string of the molecule is O=C(CNCC1CCCO1)N1CCOCC1. The first-order valence-electron chi connectivity index (χ1n) is 6.04. The van der Waals surface area contributed by atoms with Gasteiger partial charge in [0.25, 0.3) is 0 Å². The molecule has 2 aliphatic heterocycles. The quantitative estimate of drug-likeness (QED) is 0.712. The molecule has 2 rings (SSSR count). The maximum Gasteiger partial charge on any atom is 0.236 e. The summed E-state index contributed by atoms with van der Waals surface area (Å²) in [4.78, 5) is 13.6. The summed E-state index contributed by atoms with van der Waals surface area (Å²) in [6, 6.07) is 0. The lowest BCUT2D eigenvalue weighted by molar-refractivity contribution is -0.134. The van der Waals surface area contributed by atoms with E-state index < -0.39 is 0 Å². The summed E-state index contributed by atoms with van der Waals surface area (Å²) in [6.07, 6.45) is 2.56. The molecule has 1 unspecified atom stereocenters. The second-order valence-electron chi connectivity index (χ2n) is 4.26. The maximum atomic E-state index is 11.7. The van der Waals surface area contributed by atoms with Crippen molar-refractivity contribution >= 4 is 5.91 Å². The molecule has 1 atom stereocenters. The van der Waals surface area contributed by atoms with Crippen LogP contribution < -0.4 is 5.32 Å². The molecule has 5 nitrogen and oxygen atoms in total. The zero-order valence-corrected chi connectivity index (χ0v) is 9.61. The van der Waals surface area contributed by atoms with Gasteiger partial charge in [-0.15, -0.1) is 0 Å². The first-order valence-corrected chi connectivity index (χ1v) is 6.04. The molecule has 0 spiro atoms. The van der Waals surface area contributed by atoms with Crippen molar-refractivity contribution < 1.29 is 14.3 Å². The molecule has 2 heterocycles. The van der Waals surface area contributed by atoms with Crippen LogP contribution in [0.4, 0.5) is 0 Å². The van der Waals surface area contributed by atoms with Crippen LogP contribution in [-0.2, 0) is 14.3 Å². The summed E-state index contributed by atoms with van der Waals surface area (Å²) in [7, 11) is 0. The second kappa shape index (κ2) is 6.18. The second-order valence-corrected chi connectivity index (χ2v) is 4.26. The smallest absolute Gasteiger partial charge is 0.236 e. The van der Waals surface area contributed by atoms with Gasteiger partial charge in [-0.05, 0) is 12.8 Å². The Labute approximate surface area is 96.1 Å². The number of ether oxygens (including phenoxy) is 2. The number of hydrogen-bond acceptors (Lipinski definition) is 4. The number of carbonyl (C=O) groups excluding carboxylic acids is 1. The van der Waals surface area contributed by atoms with Crippen LogP contribution in [0.1, 0.15) is 12.8 Å². The van der Waals surface area contributed by atoms with Gasteiger partial charge >= 0.3 is 0 Å². The van der Waals surface area contributed by atoms with Gasteiger partial charge in [-0.25, -0.2) is 0 Å². The Morgan fingerprint density at radius 3 is 2.81 bits per heavy atom. The van der Waals surface area contributed by atoms with E-state index in [9.17, 15) is 4.79 Å². The average Bonchev–Trinajstić information content (AvgIpc) is 2.83. The average molecular weight is 228 g/mol. The number of nitrogens with zero attached hydrogens (tertiary/aromatic N) is 1. The zero-order valence-electron chi connectivity index (χ0n) is 9.61. The molecule has 0 aliphatic carbocycles. The molecule has 5 heteroatoms. The Morgan fingerprint density at radius 2 is 2.12 bits per heavy atom. The molecule has 2 fully saturated rings. The van der Waals surface area contributed by atoms with Crippen molar-refractivity contribution in [1.82, 2.24) is 10.2 Å². The van der Waals surface area contributed by atoms with E-state index in [1.165, 1.54) is 0 Å². The van der Waals surface area contributed by atoms with Gasteiger partial charge in [0.05, 0.1) is 25.9 Å². The number of rotatable bonds is 4. The lowest BCUT2D eigenvalue weighted by Gasteiger charge is -2.27. The van der Waals surface area contributed by atoms with Gasteiger partial charge in [-0.2, -0.15) is 0 Å². The minimum absolute atomic E-state index is 0.168. The van der Waals surface area contributed by atoms with Crippen LogP contribution >= 0.6 is 0 Å². The molecular weight excluding hydrogens is 208 g/mol. The fourth-order valence-corrected chi connectivity index (χ4v) is 2.07. The molecule has 0 aromatic rings. The van der Waals surface area contributed by atoms with E-state index in [-0.39, 0.29) is 5.91 Å². The van der Waals surface area contributed by atoms with E-state index in [0.717, 1.165) is 39.1 Å². The summed E-state index contributed by atoms with van der Waals surface area (Å²) < 4.78 is 10.7. The van der Waals surface area contributed by atoms with Gasteiger partial charge in [0, 0.05) is 26.2 Å². The van der Waals surface area contributed by atoms with Gasteiger partial charge in [-0.1, -0.05) is 0 Å². The predicted octanol–water partition coefficient (Wildman–Crippen LogP) is -0.386. The Bertz CT molecular complexity index is 223. The van der Waals surface area contributed by atoms with E-state index in [1.807, 2.05) is 4.90 Å². The van der Waals surface area contributed by atoms with E-state index >= 15 is 0 Å². The third kappa shape index (κ3) is 3.43. The van der Waals surface area contributed by atoms with Crippen LogP contribution in [0.15, 0.2) is 0 Å². The third-order valence-corrected chi connectivity index (χ3v) is 3.04. The summed E-state index contributed by atoms with van der Waals surface area (Å²) in [5.74, 6) is 0.168. The van der Waals surface area contributed by atoms with Gasteiger partial charge in [0.1, 0.15) is 0 Å². The van der Waals surface area contributed by atoms with E-state index in [1.54, 1.807) is 0 Å². The number of amides is 1. The van der Waals surface area contributed by atoms with Crippen LogP contribution in [0.3, 0.4) is 0 Å². The van der Waals surface area contributed by atoms with Gasteiger partial charge in [-0.3, -0.25) is 4.79 Å². The van der Waals surface area contributed by atoms with Crippen molar-refractivity contribution in [2.75, 3.05) is 46.0 Å². The fourth-order valence-electron chi connectivity index (χ4n) is 2.07. The summed E-state index contributed by atoms with van der Waals surface area (Å²) >= 11 is 0. The van der Waals surface area contributed by atoms with Crippen LogP contribution in [0.5, 0.6) is 0 Å². The highest BCUT2D eigenvalue weighted by Gasteiger charge is 2.18. The molecule has 0 radical (unpaired) electrons. The number of hydrogen-bond donors (Lipinski definition) is 1. The number of morpholine rings is 1. The van der Waals surface area contributed by atoms with Crippen LogP contribution in [-0.4, -0.2) is 62.9 Å². The van der Waals surface area contributed by atoms with Gasteiger partial charge in [0.15, 0.2) is 0 Å². The molecule has 2 aliphatic rings. The molecular formula is C11H20N2O3. The lowest BCUT2D eigenvalue weighted by atomic mass is 10.2. The van der Waals surface area contributed by atoms with Crippen LogP contribution in [0, 0.1) is 0 Å². The minimum Gasteiger partial charge on any atom is -0.378 e. The molecule has 2 saturated heterocycles. The number of carbonyl (C=O) groups is 1. The Balaban J connectivity index is 1.59. The highest BCUT2D eigenvalue weighted by molar-refractivity contribution is 5.78. The largest absolute Gasteiger partial charge is 0.378 e. The highest BCUT2D eigenvalue weighted by atomic mass is 16.5. The molecule has 0 aromatic heterocycles. The van der Waals surface area contributed by atoms with Crippen molar-refractivity contribution in [3.63, 3.8) is 0 Å². The molecule has 16 heavy (non-hydrogen) atoms. The van der Waals surface area contributed by atoms with Crippen molar-refractivity contribution in [3.8, 4) is 0 Å². The Morgan fingerprint density at radius 1 is 1.31 bits per heavy atom. The monoisotopic (exact) mass is 228 g/mol. The van der Waals surface area contributed by atoms with Crippen LogP contribution in [0.2, 0.25) is 0 Å². The van der Waals surface area contributed by atoms with Crippen molar-refractivity contribution in [2.24, 2.45) is 0 Å². The van der Waals surface area contributed by atoms with Crippen molar-refractivity contribution in [3.05, 3.63) is 0 Å². The normalized spacial score (nSPS) is 26.0. The van der Waals surface area contributed by atoms with Gasteiger partial charge in [0.2, 0.25) is 5.91 Å². The van der Waals surface area contributed by atoms with E-state index in [0.29, 0.717) is 25.9 Å². The third-order valence-electron chi connectivity index (χ3n) is 3.04. The van der Waals surface area contributed by atoms with E-state index in [2.05, 4.69) is 5.32 Å². The maximum absolute atomic E-state index is 11.7. The Hall–Kier alpha value is -0.650. The first kappa shape index (κ1) is 11.8. The summed E-state index contributed by atoms with van der Waals surface area (Å²) in [5.41, 5.74) is 0. The molecule has 1 N–H and O–H groups in total. The summed E-state index contributed by atoms with van der Waals surface area (Å²) in [5, 5.41) is 3.17. The molecule has 0 bridgehead atoms. The summed E-state index contributed by atoms with van der Waals surface area (Å²) in [6.45, 7) is 4.84. The number of nitrogens with one attached hydrogen (secondary N) is 1. The van der Waals surface area contributed by atoms with Crippen molar-refractivity contribution in [2.45, 2.75) is 18.9 Å².